The van der Waals surface area contributed by atoms with Crippen LogP contribution in [-0.4, -0.2) is 43.6 Å². The van der Waals surface area contributed by atoms with Crippen LogP contribution in [0, 0.1) is 6.92 Å². The van der Waals surface area contributed by atoms with Gasteiger partial charge < -0.3 is 9.47 Å². The van der Waals surface area contributed by atoms with Crippen LogP contribution in [0.1, 0.15) is 5.82 Å². The summed E-state index contributed by atoms with van der Waals surface area (Å²) in [4.78, 5) is 23.1. The van der Waals surface area contributed by atoms with E-state index < -0.39 is 16.1 Å². The van der Waals surface area contributed by atoms with E-state index in [-0.39, 0.29) is 33.5 Å². The number of urea groups is 1. The van der Waals surface area contributed by atoms with Crippen molar-refractivity contribution >= 4 is 33.6 Å². The quantitative estimate of drug-likeness (QED) is 0.785. The number of aryl methyl sites for hydroxylation is 1. The molecule has 2 aromatic rings. The maximum atomic E-state index is 12.3. The number of ether oxygens (including phenoxy) is 2. The molecule has 0 bridgehead atoms. The number of nitrogens with one attached hydrogen (secondary N) is 2. The standard InChI is InChI=1S/C13H14ClN5O5S/c1-7-15-11(18-13(16-7)24-3)17-12(20)19-25(21,22)10-6-8(23-2)4-5-9(10)14/h4-6H,1-3H3,(H2,15,16,17,18,19,20). The van der Waals surface area contributed by atoms with Gasteiger partial charge in [-0.1, -0.05) is 11.6 Å². The molecule has 0 radical (unpaired) electrons. The first-order valence-electron chi connectivity index (χ1n) is 6.69. The lowest BCUT2D eigenvalue weighted by Crippen LogP contribution is -2.35. The van der Waals surface area contributed by atoms with Gasteiger partial charge in [0.05, 0.1) is 19.2 Å². The number of halogens is 1. The first-order chi connectivity index (χ1) is 11.7. The van der Waals surface area contributed by atoms with Gasteiger partial charge in [0.15, 0.2) is 0 Å². The molecule has 0 aliphatic heterocycles. The summed E-state index contributed by atoms with van der Waals surface area (Å²) in [6.45, 7) is 1.56. The molecule has 2 N–H and O–H groups in total. The molecule has 0 saturated heterocycles. The minimum atomic E-state index is -4.25. The Kier molecular flexibility index (Phi) is 5.59. The van der Waals surface area contributed by atoms with Crippen molar-refractivity contribution in [2.45, 2.75) is 11.8 Å². The number of benzene rings is 1. The fraction of sp³-hybridized carbons (Fsp3) is 0.231. The van der Waals surface area contributed by atoms with E-state index in [1.807, 2.05) is 4.72 Å². The van der Waals surface area contributed by atoms with Gasteiger partial charge >= 0.3 is 12.0 Å². The van der Waals surface area contributed by atoms with Crippen molar-refractivity contribution < 1.29 is 22.7 Å². The fourth-order valence-electron chi connectivity index (χ4n) is 1.73. The van der Waals surface area contributed by atoms with Gasteiger partial charge in [-0.2, -0.15) is 15.0 Å². The average Bonchev–Trinajstić information content (AvgIpc) is 2.53. The minimum Gasteiger partial charge on any atom is -0.497 e. The number of hydrogen-bond donors (Lipinski definition) is 2. The number of hydrogen-bond acceptors (Lipinski definition) is 8. The monoisotopic (exact) mass is 387 g/mol. The highest BCUT2D eigenvalue weighted by Crippen LogP contribution is 2.26. The Morgan fingerprint density at radius 1 is 1.16 bits per heavy atom. The number of carbonyl (C=O) groups is 1. The Morgan fingerprint density at radius 2 is 1.88 bits per heavy atom. The molecule has 2 rings (SSSR count). The Balaban J connectivity index is 2.21. The van der Waals surface area contributed by atoms with E-state index in [0.717, 1.165) is 0 Å². The highest BCUT2D eigenvalue weighted by Gasteiger charge is 2.22. The van der Waals surface area contributed by atoms with Gasteiger partial charge in [0.1, 0.15) is 16.5 Å². The molecule has 0 aliphatic rings. The first kappa shape index (κ1) is 18.7. The highest BCUT2D eigenvalue weighted by molar-refractivity contribution is 7.90. The molecule has 0 saturated carbocycles. The van der Waals surface area contributed by atoms with Gasteiger partial charge in [0, 0.05) is 6.07 Å². The van der Waals surface area contributed by atoms with E-state index in [9.17, 15) is 13.2 Å². The third kappa shape index (κ3) is 4.67. The zero-order valence-electron chi connectivity index (χ0n) is 13.4. The maximum absolute atomic E-state index is 12.3. The molecule has 1 aromatic heterocycles. The molecular formula is C13H14ClN5O5S. The first-order valence-corrected chi connectivity index (χ1v) is 8.55. The van der Waals surface area contributed by atoms with Crippen molar-refractivity contribution in [1.82, 2.24) is 19.7 Å². The molecule has 0 spiro atoms. The predicted molar refractivity (Wildman–Crippen MR) is 88.5 cm³/mol. The summed E-state index contributed by atoms with van der Waals surface area (Å²) in [5, 5.41) is 2.12. The summed E-state index contributed by atoms with van der Waals surface area (Å²) in [5.74, 6) is 0.373. The summed E-state index contributed by atoms with van der Waals surface area (Å²) in [7, 11) is -1.53. The van der Waals surface area contributed by atoms with E-state index in [1.165, 1.54) is 32.4 Å². The molecule has 0 atom stereocenters. The maximum Gasteiger partial charge on any atom is 0.335 e. The molecule has 1 heterocycles. The van der Waals surface area contributed by atoms with E-state index in [2.05, 4.69) is 20.3 Å². The molecule has 25 heavy (non-hydrogen) atoms. The Hall–Kier alpha value is -2.66. The van der Waals surface area contributed by atoms with Crippen molar-refractivity contribution in [3.8, 4) is 11.8 Å². The number of anilines is 1. The molecule has 1 aromatic carbocycles. The van der Waals surface area contributed by atoms with E-state index in [1.54, 1.807) is 6.92 Å². The van der Waals surface area contributed by atoms with Crippen molar-refractivity contribution in [2.75, 3.05) is 19.5 Å². The molecule has 12 heteroatoms. The second-order valence-electron chi connectivity index (χ2n) is 4.55. The number of aromatic nitrogens is 3. The summed E-state index contributed by atoms with van der Waals surface area (Å²) in [6.07, 6.45) is 0. The van der Waals surface area contributed by atoms with Gasteiger partial charge in [-0.3, -0.25) is 5.32 Å². The lowest BCUT2D eigenvalue weighted by molar-refractivity contribution is 0.256. The van der Waals surface area contributed by atoms with Crippen LogP contribution in [0.25, 0.3) is 0 Å². The second kappa shape index (κ2) is 7.49. The van der Waals surface area contributed by atoms with Crippen LogP contribution in [0.2, 0.25) is 5.02 Å². The molecule has 0 unspecified atom stereocenters. The van der Waals surface area contributed by atoms with Crippen LogP contribution in [0.15, 0.2) is 23.1 Å². The van der Waals surface area contributed by atoms with E-state index in [0.29, 0.717) is 0 Å². The summed E-state index contributed by atoms with van der Waals surface area (Å²) < 4.78 is 36.3. The van der Waals surface area contributed by atoms with Crippen molar-refractivity contribution in [3.05, 3.63) is 29.0 Å². The Bertz CT molecular complexity index is 906. The van der Waals surface area contributed by atoms with Crippen LogP contribution in [-0.2, 0) is 10.0 Å². The summed E-state index contributed by atoms with van der Waals surface area (Å²) in [5.41, 5.74) is 0. The number of sulfonamides is 1. The highest BCUT2D eigenvalue weighted by atomic mass is 35.5. The minimum absolute atomic E-state index is 0.0264. The largest absolute Gasteiger partial charge is 0.497 e. The number of rotatable bonds is 5. The number of methoxy groups -OCH3 is 2. The zero-order valence-corrected chi connectivity index (χ0v) is 15.0. The Labute approximate surface area is 148 Å². The van der Waals surface area contributed by atoms with Crippen molar-refractivity contribution in [2.24, 2.45) is 0 Å². The third-order valence-electron chi connectivity index (χ3n) is 2.79. The molecule has 10 nitrogen and oxygen atoms in total. The molecule has 0 aliphatic carbocycles. The molecule has 134 valence electrons. The second-order valence-corrected chi connectivity index (χ2v) is 6.61. The smallest absolute Gasteiger partial charge is 0.335 e. The van der Waals surface area contributed by atoms with E-state index >= 15 is 0 Å². The Morgan fingerprint density at radius 3 is 2.52 bits per heavy atom. The number of carbonyl (C=O) groups excluding carboxylic acids is 1. The van der Waals surface area contributed by atoms with Gasteiger partial charge in [-0.25, -0.2) is 17.9 Å². The van der Waals surface area contributed by atoms with Gasteiger partial charge in [-0.05, 0) is 19.1 Å². The molecule has 2 amide bonds. The number of amides is 2. The fourth-order valence-corrected chi connectivity index (χ4v) is 3.15. The van der Waals surface area contributed by atoms with Gasteiger partial charge in [-0.15, -0.1) is 0 Å². The predicted octanol–water partition coefficient (Wildman–Crippen LogP) is 1.36. The lowest BCUT2D eigenvalue weighted by atomic mass is 10.3. The van der Waals surface area contributed by atoms with Crippen LogP contribution in [0.5, 0.6) is 11.8 Å². The topological polar surface area (TPSA) is 132 Å². The SMILES string of the molecule is COc1ccc(Cl)c(S(=O)(=O)NC(=O)Nc2nc(C)nc(OC)n2)c1. The normalized spacial score (nSPS) is 10.9. The van der Waals surface area contributed by atoms with Crippen molar-refractivity contribution in [1.29, 1.82) is 0 Å². The average molecular weight is 388 g/mol. The van der Waals surface area contributed by atoms with Crippen LogP contribution < -0.4 is 19.5 Å². The summed E-state index contributed by atoms with van der Waals surface area (Å²) in [6, 6.07) is 2.91. The summed E-state index contributed by atoms with van der Waals surface area (Å²) >= 11 is 5.89. The zero-order chi connectivity index (χ0) is 18.6. The van der Waals surface area contributed by atoms with Crippen LogP contribution in [0.4, 0.5) is 10.7 Å². The third-order valence-corrected chi connectivity index (χ3v) is 4.60. The van der Waals surface area contributed by atoms with Gasteiger partial charge in [0.25, 0.3) is 10.0 Å². The van der Waals surface area contributed by atoms with Crippen LogP contribution >= 0.6 is 11.6 Å². The van der Waals surface area contributed by atoms with Gasteiger partial charge in [0.2, 0.25) is 5.95 Å². The van der Waals surface area contributed by atoms with Crippen LogP contribution in [0.3, 0.4) is 0 Å². The molecular weight excluding hydrogens is 374 g/mol. The lowest BCUT2D eigenvalue weighted by Gasteiger charge is -2.10. The molecule has 0 fully saturated rings. The van der Waals surface area contributed by atoms with Crippen molar-refractivity contribution in [3.63, 3.8) is 0 Å². The van der Waals surface area contributed by atoms with E-state index in [4.69, 9.17) is 21.1 Å². The number of nitrogens with zero attached hydrogens (tertiary/aromatic N) is 3.